The molecule has 22 heavy (non-hydrogen) atoms. The Morgan fingerprint density at radius 1 is 1.36 bits per heavy atom. The van der Waals surface area contributed by atoms with Gasteiger partial charge in [0, 0.05) is 17.8 Å². The van der Waals surface area contributed by atoms with Gasteiger partial charge in [0.1, 0.15) is 10.3 Å². The van der Waals surface area contributed by atoms with Gasteiger partial charge in [-0.2, -0.15) is 0 Å². The molecule has 1 unspecified atom stereocenters. The van der Waals surface area contributed by atoms with E-state index in [9.17, 15) is 4.79 Å². The van der Waals surface area contributed by atoms with Gasteiger partial charge in [-0.15, -0.1) is 0 Å². The molecule has 2 aromatic heterocycles. The molecule has 0 aliphatic rings. The zero-order chi connectivity index (χ0) is 16.3. The lowest BCUT2D eigenvalue weighted by Gasteiger charge is -2.15. The second kappa shape index (κ2) is 6.94. The molecule has 0 aromatic carbocycles. The Morgan fingerprint density at radius 2 is 2.09 bits per heavy atom. The third-order valence-electron chi connectivity index (χ3n) is 3.24. The molecule has 1 atom stereocenters. The van der Waals surface area contributed by atoms with E-state index >= 15 is 0 Å². The number of halogens is 2. The van der Waals surface area contributed by atoms with Crippen molar-refractivity contribution in [3.63, 3.8) is 0 Å². The number of rotatable bonds is 4. The highest BCUT2D eigenvalue weighted by atomic mass is 35.5. The van der Waals surface area contributed by atoms with Crippen LogP contribution in [0.4, 0.5) is 0 Å². The molecule has 0 bridgehead atoms. The quantitative estimate of drug-likeness (QED) is 0.864. The summed E-state index contributed by atoms with van der Waals surface area (Å²) in [5.74, 6) is 0.248. The van der Waals surface area contributed by atoms with Crippen molar-refractivity contribution in [3.05, 3.63) is 51.4 Å². The summed E-state index contributed by atoms with van der Waals surface area (Å²) in [4.78, 5) is 20.4. The van der Waals surface area contributed by atoms with Crippen molar-refractivity contribution >= 4 is 29.1 Å². The van der Waals surface area contributed by atoms with Crippen LogP contribution in [0.15, 0.2) is 24.4 Å². The van der Waals surface area contributed by atoms with E-state index in [4.69, 9.17) is 27.9 Å². The number of hydrogen-bond donors (Lipinski definition) is 1. The SMILES string of the molecule is COc1ccc(C(C)NC(=O)c2cc(Cl)nc(Cl)c2C)cn1. The standard InChI is InChI=1S/C15H15Cl2N3O2/c1-8-11(6-12(16)20-14(8)17)15(21)19-9(2)10-4-5-13(22-3)18-7-10/h4-7,9H,1-3H3,(H,19,21). The third kappa shape index (κ3) is 3.67. The molecule has 0 aliphatic heterocycles. The van der Waals surface area contributed by atoms with E-state index in [0.29, 0.717) is 17.0 Å². The van der Waals surface area contributed by atoms with Gasteiger partial charge in [0.05, 0.1) is 13.2 Å². The fourth-order valence-corrected chi connectivity index (χ4v) is 2.34. The van der Waals surface area contributed by atoms with Crippen LogP contribution >= 0.6 is 23.2 Å². The number of carbonyl (C=O) groups excluding carboxylic acids is 1. The zero-order valence-electron chi connectivity index (χ0n) is 12.4. The van der Waals surface area contributed by atoms with Crippen LogP contribution in [-0.4, -0.2) is 23.0 Å². The number of ether oxygens (including phenoxy) is 1. The Morgan fingerprint density at radius 3 is 2.68 bits per heavy atom. The Balaban J connectivity index is 2.17. The van der Waals surface area contributed by atoms with Crippen LogP contribution in [0.25, 0.3) is 0 Å². The van der Waals surface area contributed by atoms with Crippen molar-refractivity contribution in [1.29, 1.82) is 0 Å². The predicted octanol–water partition coefficient (Wildman–Crippen LogP) is 3.59. The topological polar surface area (TPSA) is 64.1 Å². The van der Waals surface area contributed by atoms with Gasteiger partial charge in [0.2, 0.25) is 5.88 Å². The molecule has 2 rings (SSSR count). The van der Waals surface area contributed by atoms with Gasteiger partial charge >= 0.3 is 0 Å². The molecule has 116 valence electrons. The summed E-state index contributed by atoms with van der Waals surface area (Å²) in [5.41, 5.74) is 1.85. The number of nitrogens with zero attached hydrogens (tertiary/aromatic N) is 2. The molecule has 0 saturated heterocycles. The van der Waals surface area contributed by atoms with E-state index in [2.05, 4.69) is 15.3 Å². The summed E-state index contributed by atoms with van der Waals surface area (Å²) < 4.78 is 5.01. The number of hydrogen-bond acceptors (Lipinski definition) is 4. The largest absolute Gasteiger partial charge is 0.481 e. The van der Waals surface area contributed by atoms with Gasteiger partial charge in [-0.05, 0) is 31.0 Å². The Hall–Kier alpha value is -1.85. The van der Waals surface area contributed by atoms with E-state index < -0.39 is 0 Å². The molecule has 1 N–H and O–H groups in total. The molecule has 5 nitrogen and oxygen atoms in total. The lowest BCUT2D eigenvalue weighted by molar-refractivity contribution is 0.0939. The monoisotopic (exact) mass is 339 g/mol. The number of methoxy groups -OCH3 is 1. The predicted molar refractivity (Wildman–Crippen MR) is 85.7 cm³/mol. The first-order valence-electron chi connectivity index (χ1n) is 6.55. The molecule has 0 aliphatic carbocycles. The molecule has 2 heterocycles. The summed E-state index contributed by atoms with van der Waals surface area (Å²) in [6, 6.07) is 4.85. The Bertz CT molecular complexity index is 690. The average Bonchev–Trinajstić information content (AvgIpc) is 2.50. The second-order valence-corrected chi connectivity index (χ2v) is 5.48. The van der Waals surface area contributed by atoms with Crippen LogP contribution in [0.2, 0.25) is 10.3 Å². The van der Waals surface area contributed by atoms with Gasteiger partial charge < -0.3 is 10.1 Å². The maximum absolute atomic E-state index is 12.4. The minimum atomic E-state index is -0.271. The summed E-state index contributed by atoms with van der Waals surface area (Å²) in [5, 5.41) is 3.28. The molecule has 0 radical (unpaired) electrons. The second-order valence-electron chi connectivity index (χ2n) is 4.74. The highest BCUT2D eigenvalue weighted by molar-refractivity contribution is 6.33. The van der Waals surface area contributed by atoms with Gasteiger partial charge in [0.15, 0.2) is 0 Å². The fourth-order valence-electron chi connectivity index (χ4n) is 1.91. The van der Waals surface area contributed by atoms with E-state index in [1.165, 1.54) is 6.07 Å². The van der Waals surface area contributed by atoms with Crippen molar-refractivity contribution < 1.29 is 9.53 Å². The molecule has 2 aromatic rings. The molecule has 0 saturated carbocycles. The Kier molecular flexibility index (Phi) is 5.21. The van der Waals surface area contributed by atoms with Gasteiger partial charge in [0.25, 0.3) is 5.91 Å². The first-order chi connectivity index (χ1) is 10.4. The highest BCUT2D eigenvalue weighted by Gasteiger charge is 2.17. The average molecular weight is 340 g/mol. The summed E-state index contributed by atoms with van der Waals surface area (Å²) >= 11 is 11.8. The maximum atomic E-state index is 12.4. The van der Waals surface area contributed by atoms with Crippen molar-refractivity contribution in [1.82, 2.24) is 15.3 Å². The maximum Gasteiger partial charge on any atom is 0.252 e. The Labute approximate surface area is 138 Å². The van der Waals surface area contributed by atoms with Crippen LogP contribution in [0.3, 0.4) is 0 Å². The van der Waals surface area contributed by atoms with Crippen molar-refractivity contribution in [2.75, 3.05) is 7.11 Å². The number of aromatic nitrogens is 2. The first-order valence-corrected chi connectivity index (χ1v) is 7.31. The molecule has 0 spiro atoms. The zero-order valence-corrected chi connectivity index (χ0v) is 13.9. The lowest BCUT2D eigenvalue weighted by Crippen LogP contribution is -2.27. The highest BCUT2D eigenvalue weighted by Crippen LogP contribution is 2.22. The van der Waals surface area contributed by atoms with E-state index in [1.54, 1.807) is 26.3 Å². The molecule has 7 heteroatoms. The van der Waals surface area contributed by atoms with Crippen molar-refractivity contribution in [3.8, 4) is 5.88 Å². The number of amides is 1. The van der Waals surface area contributed by atoms with E-state index in [1.807, 2.05) is 13.0 Å². The smallest absolute Gasteiger partial charge is 0.252 e. The molecular formula is C15H15Cl2N3O2. The van der Waals surface area contributed by atoms with Crippen LogP contribution in [-0.2, 0) is 0 Å². The fraction of sp³-hybridized carbons (Fsp3) is 0.267. The third-order valence-corrected chi connectivity index (χ3v) is 3.80. The van der Waals surface area contributed by atoms with Gasteiger partial charge in [-0.3, -0.25) is 4.79 Å². The van der Waals surface area contributed by atoms with Gasteiger partial charge in [-0.25, -0.2) is 9.97 Å². The number of pyridine rings is 2. The molecular weight excluding hydrogens is 325 g/mol. The molecule has 1 amide bonds. The minimum Gasteiger partial charge on any atom is -0.481 e. The van der Waals surface area contributed by atoms with E-state index in [0.717, 1.165) is 5.56 Å². The minimum absolute atomic E-state index is 0.180. The number of nitrogens with one attached hydrogen (secondary N) is 1. The summed E-state index contributed by atoms with van der Waals surface area (Å²) in [7, 11) is 1.55. The first kappa shape index (κ1) is 16.5. The molecule has 0 fully saturated rings. The van der Waals surface area contributed by atoms with Crippen LogP contribution in [0.5, 0.6) is 5.88 Å². The van der Waals surface area contributed by atoms with Crippen LogP contribution < -0.4 is 10.1 Å². The van der Waals surface area contributed by atoms with Crippen molar-refractivity contribution in [2.24, 2.45) is 0 Å². The number of carbonyl (C=O) groups is 1. The normalized spacial score (nSPS) is 11.9. The summed E-state index contributed by atoms with van der Waals surface area (Å²) in [6.07, 6.45) is 1.66. The van der Waals surface area contributed by atoms with E-state index in [-0.39, 0.29) is 22.3 Å². The van der Waals surface area contributed by atoms with Gasteiger partial charge in [-0.1, -0.05) is 29.3 Å². The van der Waals surface area contributed by atoms with Crippen molar-refractivity contribution in [2.45, 2.75) is 19.9 Å². The van der Waals surface area contributed by atoms with Crippen LogP contribution in [0, 0.1) is 6.92 Å². The van der Waals surface area contributed by atoms with Crippen LogP contribution in [0.1, 0.15) is 34.5 Å². The lowest BCUT2D eigenvalue weighted by atomic mass is 10.1. The summed E-state index contributed by atoms with van der Waals surface area (Å²) in [6.45, 7) is 3.58.